The second-order valence-electron chi connectivity index (χ2n) is 10.3. The number of aromatic nitrogens is 4. The molecule has 0 atom stereocenters. The molecule has 0 aliphatic carbocycles. The summed E-state index contributed by atoms with van der Waals surface area (Å²) in [5.74, 6) is 3.06. The Kier molecular flexibility index (Phi) is 9.50. The Morgan fingerprint density at radius 3 is 2.46 bits per heavy atom. The Balaban J connectivity index is 1.22. The van der Waals surface area contributed by atoms with Crippen molar-refractivity contribution in [1.29, 1.82) is 0 Å². The lowest BCUT2D eigenvalue weighted by atomic mass is 10.1. The van der Waals surface area contributed by atoms with E-state index in [1.54, 1.807) is 7.11 Å². The number of hydrogen-bond acceptors (Lipinski definition) is 10. The normalized spacial score (nSPS) is 14.4. The van der Waals surface area contributed by atoms with E-state index in [1.165, 1.54) is 5.56 Å². The van der Waals surface area contributed by atoms with Gasteiger partial charge >= 0.3 is 0 Å². The maximum atomic E-state index is 9.14. The number of rotatable bonds is 13. The Labute approximate surface area is 240 Å². The molecule has 2 aromatic heterocycles. The third kappa shape index (κ3) is 7.43. The van der Waals surface area contributed by atoms with Crippen molar-refractivity contribution in [3.8, 4) is 17.2 Å². The van der Waals surface area contributed by atoms with Crippen LogP contribution < -0.4 is 20.5 Å². The summed E-state index contributed by atoms with van der Waals surface area (Å²) in [6, 6.07) is 14.1. The third-order valence-corrected chi connectivity index (χ3v) is 7.29. The average Bonchev–Trinajstić information content (AvgIpc) is 3.38. The number of ether oxygens (including phenoxy) is 2. The summed E-state index contributed by atoms with van der Waals surface area (Å²) >= 11 is 0. The van der Waals surface area contributed by atoms with Gasteiger partial charge in [-0.3, -0.25) is 14.5 Å². The number of nitrogens with zero attached hydrogens (tertiary/aromatic N) is 6. The van der Waals surface area contributed by atoms with Gasteiger partial charge in [-0.2, -0.15) is 10.1 Å². The number of aliphatic hydroxyl groups excluding tert-OH is 1. The number of anilines is 2. The minimum atomic E-state index is 0.222. The fourth-order valence-electron chi connectivity index (χ4n) is 5.03. The van der Waals surface area contributed by atoms with Crippen LogP contribution >= 0.6 is 0 Å². The van der Waals surface area contributed by atoms with Gasteiger partial charge in [0.2, 0.25) is 5.95 Å². The van der Waals surface area contributed by atoms with Gasteiger partial charge in [-0.1, -0.05) is 25.5 Å². The smallest absolute Gasteiger partial charge is 0.222 e. The molecule has 0 bridgehead atoms. The van der Waals surface area contributed by atoms with Crippen LogP contribution in [0, 0.1) is 0 Å². The van der Waals surface area contributed by atoms with Crippen LogP contribution in [0.15, 0.2) is 48.7 Å². The fraction of sp³-hybridized carbons (Fsp3) is 0.433. The number of β-amino-alcohol motifs (C(OH)–C–C–N with tert-alkyl or cyclic N) is 1. The molecule has 0 saturated carbocycles. The van der Waals surface area contributed by atoms with Crippen molar-refractivity contribution < 1.29 is 14.6 Å². The van der Waals surface area contributed by atoms with Crippen molar-refractivity contribution in [3.05, 3.63) is 59.8 Å². The van der Waals surface area contributed by atoms with E-state index in [2.05, 4.69) is 44.1 Å². The lowest BCUT2D eigenvalue weighted by molar-refractivity contribution is 0.108. The summed E-state index contributed by atoms with van der Waals surface area (Å²) in [6.07, 6.45) is 3.99. The molecule has 11 heteroatoms. The molecule has 1 aliphatic heterocycles. The van der Waals surface area contributed by atoms with Crippen LogP contribution in [0.1, 0.15) is 30.9 Å². The monoisotopic (exact) mass is 560 g/mol. The molecular formula is C30H40N8O3. The van der Waals surface area contributed by atoms with Crippen molar-refractivity contribution in [2.24, 2.45) is 0 Å². The quantitative estimate of drug-likeness (QED) is 0.209. The van der Waals surface area contributed by atoms with Crippen molar-refractivity contribution in [2.75, 3.05) is 64.0 Å². The van der Waals surface area contributed by atoms with Crippen LogP contribution in [-0.4, -0.2) is 87.6 Å². The van der Waals surface area contributed by atoms with E-state index in [9.17, 15) is 0 Å². The largest absolute Gasteiger partial charge is 0.496 e. The molecule has 41 heavy (non-hydrogen) atoms. The molecule has 4 aromatic rings. The van der Waals surface area contributed by atoms with Gasteiger partial charge in [-0.15, -0.1) is 0 Å². The van der Waals surface area contributed by atoms with E-state index in [4.69, 9.17) is 25.4 Å². The number of fused-ring (bicyclic) bond motifs is 1. The van der Waals surface area contributed by atoms with E-state index < -0.39 is 0 Å². The van der Waals surface area contributed by atoms with Crippen LogP contribution in [0.2, 0.25) is 0 Å². The Morgan fingerprint density at radius 1 is 0.976 bits per heavy atom. The number of benzene rings is 2. The standard InChI is InChI=1S/C30H40N8O3/c1-3-4-11-32-29-28-26(33-30(31)34-29)21-38(35-28)20-23-7-10-25(18-27(23)40-2)41-24-8-5-22(6-9-24)19-37-14-12-36(13-15-37)16-17-39/h5-10,18,21,39H,3-4,11-17,19-20H2,1-2H3,(H3,31,32,33,34). The van der Waals surface area contributed by atoms with Gasteiger partial charge in [-0.25, -0.2) is 4.98 Å². The molecule has 4 N–H and O–H groups in total. The van der Waals surface area contributed by atoms with E-state index >= 15 is 0 Å². The lowest BCUT2D eigenvalue weighted by Gasteiger charge is -2.34. The van der Waals surface area contributed by atoms with Crippen molar-refractivity contribution in [1.82, 2.24) is 29.5 Å². The summed E-state index contributed by atoms with van der Waals surface area (Å²) in [7, 11) is 1.66. The van der Waals surface area contributed by atoms with Gasteiger partial charge in [-0.05, 0) is 36.2 Å². The number of aliphatic hydroxyl groups is 1. The van der Waals surface area contributed by atoms with Gasteiger partial charge < -0.3 is 25.6 Å². The SMILES string of the molecule is CCCCNc1nc(N)nc2cn(Cc3ccc(Oc4ccc(CN5CCN(CCO)CC5)cc4)cc3OC)nc12. The Morgan fingerprint density at radius 2 is 1.73 bits per heavy atom. The molecule has 0 amide bonds. The number of hydrogen-bond donors (Lipinski definition) is 3. The zero-order valence-electron chi connectivity index (χ0n) is 23.9. The molecule has 11 nitrogen and oxygen atoms in total. The maximum Gasteiger partial charge on any atom is 0.222 e. The summed E-state index contributed by atoms with van der Waals surface area (Å²) < 4.78 is 13.7. The van der Waals surface area contributed by atoms with E-state index in [0.717, 1.165) is 70.0 Å². The predicted molar refractivity (Wildman–Crippen MR) is 161 cm³/mol. The second-order valence-corrected chi connectivity index (χ2v) is 10.3. The third-order valence-electron chi connectivity index (χ3n) is 7.29. The first-order valence-corrected chi connectivity index (χ1v) is 14.3. The molecule has 0 spiro atoms. The summed E-state index contributed by atoms with van der Waals surface area (Å²) in [5.41, 5.74) is 9.54. The number of unbranched alkanes of at least 4 members (excludes halogenated alkanes) is 1. The first-order chi connectivity index (χ1) is 20.0. The molecule has 0 unspecified atom stereocenters. The lowest BCUT2D eigenvalue weighted by Crippen LogP contribution is -2.46. The Hall–Kier alpha value is -3.93. The highest BCUT2D eigenvalue weighted by molar-refractivity contribution is 5.85. The molecule has 1 aliphatic rings. The van der Waals surface area contributed by atoms with Gasteiger partial charge in [0.25, 0.3) is 0 Å². The second kappa shape index (κ2) is 13.6. The summed E-state index contributed by atoms with van der Waals surface area (Å²) in [5, 5.41) is 17.2. The maximum absolute atomic E-state index is 9.14. The van der Waals surface area contributed by atoms with Gasteiger partial charge in [0.15, 0.2) is 11.3 Å². The van der Waals surface area contributed by atoms with E-state index in [1.807, 2.05) is 41.2 Å². The molecule has 3 heterocycles. The number of nitrogens with one attached hydrogen (secondary N) is 1. The minimum Gasteiger partial charge on any atom is -0.496 e. The van der Waals surface area contributed by atoms with Crippen molar-refractivity contribution in [2.45, 2.75) is 32.9 Å². The first kappa shape index (κ1) is 28.6. The van der Waals surface area contributed by atoms with Crippen LogP contribution in [0.5, 0.6) is 17.2 Å². The highest BCUT2D eigenvalue weighted by atomic mass is 16.5. The number of piperazine rings is 1. The van der Waals surface area contributed by atoms with Gasteiger partial charge in [0.1, 0.15) is 22.8 Å². The molecule has 5 rings (SSSR count). The molecular weight excluding hydrogens is 520 g/mol. The van der Waals surface area contributed by atoms with E-state index in [0.29, 0.717) is 34.9 Å². The number of nitrogen functional groups attached to an aromatic ring is 1. The highest BCUT2D eigenvalue weighted by Gasteiger charge is 2.17. The molecule has 0 radical (unpaired) electrons. The van der Waals surface area contributed by atoms with Gasteiger partial charge in [0, 0.05) is 57.4 Å². The molecule has 2 aromatic carbocycles. The fourth-order valence-corrected chi connectivity index (χ4v) is 5.03. The minimum absolute atomic E-state index is 0.222. The predicted octanol–water partition coefficient (Wildman–Crippen LogP) is 3.58. The topological polar surface area (TPSA) is 127 Å². The van der Waals surface area contributed by atoms with Gasteiger partial charge in [0.05, 0.1) is 26.5 Å². The molecule has 218 valence electrons. The van der Waals surface area contributed by atoms with Crippen LogP contribution in [0.25, 0.3) is 11.0 Å². The number of methoxy groups -OCH3 is 1. The first-order valence-electron chi connectivity index (χ1n) is 14.3. The Bertz CT molecular complexity index is 1420. The van der Waals surface area contributed by atoms with Crippen molar-refractivity contribution in [3.63, 3.8) is 0 Å². The van der Waals surface area contributed by atoms with Crippen molar-refractivity contribution >= 4 is 22.8 Å². The van der Waals surface area contributed by atoms with E-state index in [-0.39, 0.29) is 12.6 Å². The van der Waals surface area contributed by atoms with Crippen LogP contribution in [-0.2, 0) is 13.1 Å². The zero-order valence-corrected chi connectivity index (χ0v) is 23.9. The van der Waals surface area contributed by atoms with Crippen LogP contribution in [0.4, 0.5) is 11.8 Å². The summed E-state index contributed by atoms with van der Waals surface area (Å²) in [6.45, 7) is 9.35. The molecule has 1 saturated heterocycles. The average molecular weight is 561 g/mol. The number of nitrogens with two attached hydrogens (primary N) is 1. The van der Waals surface area contributed by atoms with Crippen LogP contribution in [0.3, 0.4) is 0 Å². The summed E-state index contributed by atoms with van der Waals surface area (Å²) in [4.78, 5) is 13.5. The zero-order chi connectivity index (χ0) is 28.6. The molecule has 1 fully saturated rings. The highest BCUT2D eigenvalue weighted by Crippen LogP contribution is 2.30.